The van der Waals surface area contributed by atoms with E-state index in [-0.39, 0.29) is 5.91 Å². The molecular weight excluding hydrogens is 258 g/mol. The standard InChI is InChI=1S/C14H23N3OS/c1-12(2)17-7-5-16(6-8-17)11-14(18)15-10-13-4-3-9-19-13/h3-4,9,12H,5-8,10-11H2,1-2H3,(H,15,18). The molecule has 0 aromatic carbocycles. The molecule has 1 N–H and O–H groups in total. The summed E-state index contributed by atoms with van der Waals surface area (Å²) in [5.74, 6) is 0.131. The highest BCUT2D eigenvalue weighted by molar-refractivity contribution is 7.09. The number of nitrogens with one attached hydrogen (secondary N) is 1. The first-order chi connectivity index (χ1) is 9.15. The molecule has 19 heavy (non-hydrogen) atoms. The summed E-state index contributed by atoms with van der Waals surface area (Å²) in [4.78, 5) is 17.8. The largest absolute Gasteiger partial charge is 0.350 e. The third kappa shape index (κ3) is 4.60. The summed E-state index contributed by atoms with van der Waals surface area (Å²) in [6.45, 7) is 9.74. The smallest absolute Gasteiger partial charge is 0.234 e. The predicted molar refractivity (Wildman–Crippen MR) is 79.3 cm³/mol. The molecular formula is C14H23N3OS. The van der Waals surface area contributed by atoms with Crippen molar-refractivity contribution in [3.05, 3.63) is 22.4 Å². The molecule has 1 saturated heterocycles. The normalized spacial score (nSPS) is 17.8. The van der Waals surface area contributed by atoms with Crippen molar-refractivity contribution in [1.29, 1.82) is 0 Å². The van der Waals surface area contributed by atoms with Crippen LogP contribution in [0.4, 0.5) is 0 Å². The summed E-state index contributed by atoms with van der Waals surface area (Å²) in [5, 5.41) is 5.02. The lowest BCUT2D eigenvalue weighted by molar-refractivity contribution is -0.122. The Balaban J connectivity index is 1.66. The van der Waals surface area contributed by atoms with E-state index in [2.05, 4.69) is 29.0 Å². The Bertz CT molecular complexity index is 383. The van der Waals surface area contributed by atoms with Crippen LogP contribution in [-0.2, 0) is 11.3 Å². The van der Waals surface area contributed by atoms with Crippen molar-refractivity contribution in [2.45, 2.75) is 26.4 Å². The molecule has 0 bridgehead atoms. The van der Waals surface area contributed by atoms with Crippen molar-refractivity contribution < 1.29 is 4.79 Å². The summed E-state index contributed by atoms with van der Waals surface area (Å²) in [7, 11) is 0. The maximum absolute atomic E-state index is 11.9. The molecule has 0 radical (unpaired) electrons. The molecule has 2 rings (SSSR count). The van der Waals surface area contributed by atoms with Crippen LogP contribution in [0.15, 0.2) is 17.5 Å². The van der Waals surface area contributed by atoms with Crippen molar-refractivity contribution in [3.63, 3.8) is 0 Å². The van der Waals surface area contributed by atoms with Gasteiger partial charge >= 0.3 is 0 Å². The van der Waals surface area contributed by atoms with Gasteiger partial charge in [-0.25, -0.2) is 0 Å². The lowest BCUT2D eigenvalue weighted by Crippen LogP contribution is -2.51. The highest BCUT2D eigenvalue weighted by Crippen LogP contribution is 2.08. The molecule has 1 aliphatic heterocycles. The summed E-state index contributed by atoms with van der Waals surface area (Å²) in [5.41, 5.74) is 0. The Kier molecular flexibility index (Phi) is 5.36. The Morgan fingerprint density at radius 1 is 1.37 bits per heavy atom. The van der Waals surface area contributed by atoms with Crippen LogP contribution in [-0.4, -0.2) is 54.5 Å². The molecule has 5 heteroatoms. The topological polar surface area (TPSA) is 35.6 Å². The van der Waals surface area contributed by atoms with E-state index in [0.29, 0.717) is 19.1 Å². The average molecular weight is 281 g/mol. The highest BCUT2D eigenvalue weighted by atomic mass is 32.1. The lowest BCUT2D eigenvalue weighted by Gasteiger charge is -2.36. The molecule has 0 spiro atoms. The Hall–Kier alpha value is -0.910. The predicted octanol–water partition coefficient (Wildman–Crippen LogP) is 1.39. The SMILES string of the molecule is CC(C)N1CCN(CC(=O)NCc2cccs2)CC1. The molecule has 0 saturated carbocycles. The van der Waals surface area contributed by atoms with Crippen molar-refractivity contribution in [1.82, 2.24) is 15.1 Å². The minimum absolute atomic E-state index is 0.131. The van der Waals surface area contributed by atoms with Crippen LogP contribution in [0, 0.1) is 0 Å². The van der Waals surface area contributed by atoms with Crippen LogP contribution >= 0.6 is 11.3 Å². The maximum atomic E-state index is 11.9. The zero-order valence-electron chi connectivity index (χ0n) is 11.8. The number of nitrogens with zero attached hydrogens (tertiary/aromatic N) is 2. The summed E-state index contributed by atoms with van der Waals surface area (Å²) in [6, 6.07) is 4.67. The van der Waals surface area contributed by atoms with Gasteiger partial charge in [0, 0.05) is 37.1 Å². The number of hydrogen-bond acceptors (Lipinski definition) is 4. The Morgan fingerprint density at radius 3 is 2.68 bits per heavy atom. The highest BCUT2D eigenvalue weighted by Gasteiger charge is 2.20. The number of thiophene rings is 1. The van der Waals surface area contributed by atoms with E-state index >= 15 is 0 Å². The van der Waals surface area contributed by atoms with Gasteiger partial charge in [0.25, 0.3) is 0 Å². The van der Waals surface area contributed by atoms with Gasteiger partial charge in [0.15, 0.2) is 0 Å². The maximum Gasteiger partial charge on any atom is 0.234 e. The van der Waals surface area contributed by atoms with Gasteiger partial charge in [0.2, 0.25) is 5.91 Å². The number of amides is 1. The minimum atomic E-state index is 0.131. The van der Waals surface area contributed by atoms with E-state index in [9.17, 15) is 4.79 Å². The second kappa shape index (κ2) is 7.03. The van der Waals surface area contributed by atoms with Gasteiger partial charge in [-0.3, -0.25) is 14.6 Å². The molecule has 0 aliphatic carbocycles. The molecule has 2 heterocycles. The van der Waals surface area contributed by atoms with Crippen LogP contribution in [0.5, 0.6) is 0 Å². The Morgan fingerprint density at radius 2 is 2.11 bits per heavy atom. The van der Waals surface area contributed by atoms with E-state index in [1.165, 1.54) is 4.88 Å². The molecule has 1 fully saturated rings. The molecule has 1 aromatic heterocycles. The third-order valence-electron chi connectivity index (χ3n) is 3.54. The fraction of sp³-hybridized carbons (Fsp3) is 0.643. The number of carbonyl (C=O) groups excluding carboxylic acids is 1. The summed E-state index contributed by atoms with van der Waals surface area (Å²) < 4.78 is 0. The van der Waals surface area contributed by atoms with Crippen molar-refractivity contribution in [3.8, 4) is 0 Å². The second-order valence-corrected chi connectivity index (χ2v) is 6.29. The summed E-state index contributed by atoms with van der Waals surface area (Å²) >= 11 is 1.68. The molecule has 106 valence electrons. The van der Waals surface area contributed by atoms with Crippen LogP contribution in [0.25, 0.3) is 0 Å². The third-order valence-corrected chi connectivity index (χ3v) is 4.42. The number of piperazine rings is 1. The van der Waals surface area contributed by atoms with Gasteiger partial charge in [-0.05, 0) is 25.3 Å². The van der Waals surface area contributed by atoms with E-state index in [1.54, 1.807) is 11.3 Å². The fourth-order valence-corrected chi connectivity index (χ4v) is 2.94. The van der Waals surface area contributed by atoms with Crippen LogP contribution in [0.3, 0.4) is 0 Å². The summed E-state index contributed by atoms with van der Waals surface area (Å²) in [6.07, 6.45) is 0. The van der Waals surface area contributed by atoms with Crippen LogP contribution < -0.4 is 5.32 Å². The van der Waals surface area contributed by atoms with E-state index in [1.807, 2.05) is 17.5 Å². The van der Waals surface area contributed by atoms with Gasteiger partial charge in [-0.15, -0.1) is 11.3 Å². The van der Waals surface area contributed by atoms with Gasteiger partial charge in [-0.2, -0.15) is 0 Å². The second-order valence-electron chi connectivity index (χ2n) is 5.26. The Labute approximate surface area is 119 Å². The minimum Gasteiger partial charge on any atom is -0.350 e. The van der Waals surface area contributed by atoms with Gasteiger partial charge in [0.1, 0.15) is 0 Å². The average Bonchev–Trinajstić information content (AvgIpc) is 2.90. The fourth-order valence-electron chi connectivity index (χ4n) is 2.30. The zero-order valence-corrected chi connectivity index (χ0v) is 12.6. The number of hydrogen-bond donors (Lipinski definition) is 1. The first kappa shape index (κ1) is 14.5. The van der Waals surface area contributed by atoms with E-state index in [4.69, 9.17) is 0 Å². The van der Waals surface area contributed by atoms with E-state index < -0.39 is 0 Å². The van der Waals surface area contributed by atoms with E-state index in [0.717, 1.165) is 26.2 Å². The molecule has 1 aliphatic rings. The first-order valence-corrected chi connectivity index (χ1v) is 7.78. The van der Waals surface area contributed by atoms with Gasteiger partial charge in [-0.1, -0.05) is 6.07 Å². The zero-order chi connectivity index (χ0) is 13.7. The molecule has 1 aromatic rings. The quantitative estimate of drug-likeness (QED) is 0.886. The monoisotopic (exact) mass is 281 g/mol. The van der Waals surface area contributed by atoms with Crippen molar-refractivity contribution >= 4 is 17.2 Å². The van der Waals surface area contributed by atoms with Crippen molar-refractivity contribution in [2.24, 2.45) is 0 Å². The number of rotatable bonds is 5. The van der Waals surface area contributed by atoms with Gasteiger partial charge in [0.05, 0.1) is 13.1 Å². The van der Waals surface area contributed by atoms with Crippen molar-refractivity contribution in [2.75, 3.05) is 32.7 Å². The van der Waals surface area contributed by atoms with Crippen LogP contribution in [0.2, 0.25) is 0 Å². The molecule has 4 nitrogen and oxygen atoms in total. The molecule has 0 unspecified atom stereocenters. The molecule has 0 atom stereocenters. The molecule has 1 amide bonds. The van der Waals surface area contributed by atoms with Gasteiger partial charge < -0.3 is 5.32 Å². The number of carbonyl (C=O) groups is 1. The van der Waals surface area contributed by atoms with Crippen LogP contribution in [0.1, 0.15) is 18.7 Å². The first-order valence-electron chi connectivity index (χ1n) is 6.90. The lowest BCUT2D eigenvalue weighted by atomic mass is 10.2.